The topological polar surface area (TPSA) is 29.5 Å². The van der Waals surface area contributed by atoms with Crippen molar-refractivity contribution < 1.29 is 9.53 Å². The zero-order valence-corrected chi connectivity index (χ0v) is 9.74. The number of hydrogen-bond donors (Lipinski definition) is 0. The highest BCUT2D eigenvalue weighted by atomic mass is 16.5. The van der Waals surface area contributed by atoms with Crippen LogP contribution in [0.3, 0.4) is 0 Å². The van der Waals surface area contributed by atoms with Crippen molar-refractivity contribution in [1.29, 1.82) is 0 Å². The van der Waals surface area contributed by atoms with Crippen LogP contribution in [0.4, 0.5) is 0 Å². The van der Waals surface area contributed by atoms with Crippen LogP contribution in [0.5, 0.6) is 0 Å². The zero-order chi connectivity index (χ0) is 10.8. The SMILES string of the molecule is CCOC(=O)C(CC)N1CC2CCC1C2. The molecule has 2 bridgehead atoms. The summed E-state index contributed by atoms with van der Waals surface area (Å²) in [6.45, 7) is 5.56. The number of hydrogen-bond acceptors (Lipinski definition) is 3. The lowest BCUT2D eigenvalue weighted by Crippen LogP contribution is -2.46. The van der Waals surface area contributed by atoms with Gasteiger partial charge >= 0.3 is 5.97 Å². The first-order chi connectivity index (χ1) is 7.26. The first-order valence-corrected chi connectivity index (χ1v) is 6.18. The lowest BCUT2D eigenvalue weighted by Gasteiger charge is -2.32. The first-order valence-electron chi connectivity index (χ1n) is 6.18. The molecule has 0 N–H and O–H groups in total. The molecule has 86 valence electrons. The second-order valence-corrected chi connectivity index (χ2v) is 4.71. The second-order valence-electron chi connectivity index (χ2n) is 4.71. The van der Waals surface area contributed by atoms with Crippen LogP contribution in [0, 0.1) is 5.92 Å². The van der Waals surface area contributed by atoms with E-state index in [1.165, 1.54) is 19.3 Å². The van der Waals surface area contributed by atoms with E-state index in [-0.39, 0.29) is 12.0 Å². The molecule has 0 spiro atoms. The van der Waals surface area contributed by atoms with E-state index >= 15 is 0 Å². The van der Waals surface area contributed by atoms with E-state index in [2.05, 4.69) is 11.8 Å². The van der Waals surface area contributed by atoms with Gasteiger partial charge in [-0.3, -0.25) is 9.69 Å². The summed E-state index contributed by atoms with van der Waals surface area (Å²) < 4.78 is 5.13. The maximum atomic E-state index is 11.8. The van der Waals surface area contributed by atoms with E-state index in [0.29, 0.717) is 12.6 Å². The lowest BCUT2D eigenvalue weighted by molar-refractivity contribution is -0.150. The van der Waals surface area contributed by atoms with Crippen molar-refractivity contribution in [3.63, 3.8) is 0 Å². The van der Waals surface area contributed by atoms with Gasteiger partial charge in [0.15, 0.2) is 0 Å². The average Bonchev–Trinajstić information content (AvgIpc) is 2.81. The Morgan fingerprint density at radius 1 is 1.47 bits per heavy atom. The number of esters is 1. The number of likely N-dealkylation sites (tertiary alicyclic amines) is 1. The van der Waals surface area contributed by atoms with E-state index in [1.807, 2.05) is 6.92 Å². The summed E-state index contributed by atoms with van der Waals surface area (Å²) in [6.07, 6.45) is 4.82. The van der Waals surface area contributed by atoms with Gasteiger partial charge in [0, 0.05) is 12.6 Å². The minimum absolute atomic E-state index is 0.0141. The molecule has 1 aliphatic heterocycles. The summed E-state index contributed by atoms with van der Waals surface area (Å²) in [5.74, 6) is 0.825. The van der Waals surface area contributed by atoms with Gasteiger partial charge in [-0.1, -0.05) is 6.92 Å². The fourth-order valence-corrected chi connectivity index (χ4v) is 3.12. The summed E-state index contributed by atoms with van der Waals surface area (Å²) in [5.41, 5.74) is 0. The molecule has 3 unspecified atom stereocenters. The largest absolute Gasteiger partial charge is 0.465 e. The van der Waals surface area contributed by atoms with Gasteiger partial charge in [0.25, 0.3) is 0 Å². The van der Waals surface area contributed by atoms with Crippen molar-refractivity contribution in [1.82, 2.24) is 4.90 Å². The lowest BCUT2D eigenvalue weighted by atomic mass is 10.1. The molecule has 0 aromatic carbocycles. The van der Waals surface area contributed by atoms with Crippen LogP contribution in [-0.4, -0.2) is 36.1 Å². The number of fused-ring (bicyclic) bond motifs is 2. The highest BCUT2D eigenvalue weighted by molar-refractivity contribution is 5.75. The molecule has 3 nitrogen and oxygen atoms in total. The van der Waals surface area contributed by atoms with Crippen molar-refractivity contribution in [3.05, 3.63) is 0 Å². The fourth-order valence-electron chi connectivity index (χ4n) is 3.12. The summed E-state index contributed by atoms with van der Waals surface area (Å²) >= 11 is 0. The maximum absolute atomic E-state index is 11.8. The molecule has 1 heterocycles. The number of ether oxygens (including phenoxy) is 1. The molecular weight excluding hydrogens is 190 g/mol. The Morgan fingerprint density at radius 3 is 2.73 bits per heavy atom. The zero-order valence-electron chi connectivity index (χ0n) is 9.74. The molecule has 0 amide bonds. The highest BCUT2D eigenvalue weighted by Gasteiger charge is 2.42. The molecule has 2 rings (SSSR count). The monoisotopic (exact) mass is 211 g/mol. The number of nitrogens with zero attached hydrogens (tertiary/aromatic N) is 1. The predicted molar refractivity (Wildman–Crippen MR) is 58.5 cm³/mol. The Kier molecular flexibility index (Phi) is 3.29. The van der Waals surface area contributed by atoms with Crippen LogP contribution < -0.4 is 0 Å². The van der Waals surface area contributed by atoms with Crippen LogP contribution in [0.2, 0.25) is 0 Å². The van der Waals surface area contributed by atoms with Crippen LogP contribution >= 0.6 is 0 Å². The smallest absolute Gasteiger partial charge is 0.323 e. The number of carbonyl (C=O) groups is 1. The van der Waals surface area contributed by atoms with E-state index in [0.717, 1.165) is 18.9 Å². The van der Waals surface area contributed by atoms with Gasteiger partial charge in [0.2, 0.25) is 0 Å². The summed E-state index contributed by atoms with van der Waals surface area (Å²) in [4.78, 5) is 14.2. The Morgan fingerprint density at radius 2 is 2.27 bits per heavy atom. The van der Waals surface area contributed by atoms with Gasteiger partial charge in [-0.15, -0.1) is 0 Å². The second kappa shape index (κ2) is 4.52. The molecule has 2 fully saturated rings. The molecule has 1 saturated carbocycles. The molecule has 3 atom stereocenters. The van der Waals surface area contributed by atoms with E-state index < -0.39 is 0 Å². The van der Waals surface area contributed by atoms with Gasteiger partial charge < -0.3 is 4.74 Å². The first kappa shape index (κ1) is 10.9. The molecule has 0 aromatic heterocycles. The Hall–Kier alpha value is -0.570. The van der Waals surface area contributed by atoms with Crippen molar-refractivity contribution in [2.75, 3.05) is 13.2 Å². The Bertz CT molecular complexity index is 242. The third kappa shape index (κ3) is 2.03. The van der Waals surface area contributed by atoms with Crippen molar-refractivity contribution in [3.8, 4) is 0 Å². The predicted octanol–water partition coefficient (Wildman–Crippen LogP) is 1.81. The van der Waals surface area contributed by atoms with Crippen molar-refractivity contribution >= 4 is 5.97 Å². The minimum Gasteiger partial charge on any atom is -0.465 e. The number of rotatable bonds is 4. The van der Waals surface area contributed by atoms with Gasteiger partial charge in [0.1, 0.15) is 6.04 Å². The van der Waals surface area contributed by atoms with Crippen LogP contribution in [-0.2, 0) is 9.53 Å². The molecule has 2 aliphatic rings. The van der Waals surface area contributed by atoms with Gasteiger partial charge in [-0.25, -0.2) is 0 Å². The van der Waals surface area contributed by atoms with Crippen LogP contribution in [0.15, 0.2) is 0 Å². The van der Waals surface area contributed by atoms with Gasteiger partial charge in [0.05, 0.1) is 6.61 Å². The minimum atomic E-state index is -0.0208. The summed E-state index contributed by atoms with van der Waals surface area (Å²) in [5, 5.41) is 0. The van der Waals surface area contributed by atoms with Crippen LogP contribution in [0.25, 0.3) is 0 Å². The third-order valence-electron chi connectivity index (χ3n) is 3.80. The van der Waals surface area contributed by atoms with Crippen molar-refractivity contribution in [2.24, 2.45) is 5.92 Å². The number of carbonyl (C=O) groups excluding carboxylic acids is 1. The molecule has 3 heteroatoms. The maximum Gasteiger partial charge on any atom is 0.323 e. The van der Waals surface area contributed by atoms with E-state index in [9.17, 15) is 4.79 Å². The average molecular weight is 211 g/mol. The van der Waals surface area contributed by atoms with Gasteiger partial charge in [-0.2, -0.15) is 0 Å². The van der Waals surface area contributed by atoms with Crippen molar-refractivity contribution in [2.45, 2.75) is 51.6 Å². The highest BCUT2D eigenvalue weighted by Crippen LogP contribution is 2.39. The molecule has 1 aliphatic carbocycles. The van der Waals surface area contributed by atoms with E-state index in [1.54, 1.807) is 0 Å². The van der Waals surface area contributed by atoms with Gasteiger partial charge in [-0.05, 0) is 38.5 Å². The quantitative estimate of drug-likeness (QED) is 0.664. The Balaban J connectivity index is 1.98. The van der Waals surface area contributed by atoms with Crippen LogP contribution in [0.1, 0.15) is 39.5 Å². The molecule has 15 heavy (non-hydrogen) atoms. The van der Waals surface area contributed by atoms with E-state index in [4.69, 9.17) is 4.74 Å². The molecule has 0 aromatic rings. The normalized spacial score (nSPS) is 31.9. The third-order valence-corrected chi connectivity index (χ3v) is 3.80. The summed E-state index contributed by atoms with van der Waals surface area (Å²) in [6, 6.07) is 0.671. The molecule has 1 saturated heterocycles. The summed E-state index contributed by atoms with van der Waals surface area (Å²) in [7, 11) is 0. The Labute approximate surface area is 91.8 Å². The molecule has 0 radical (unpaired) electrons. The fraction of sp³-hybridized carbons (Fsp3) is 0.917. The molecular formula is C12H21NO2. The number of piperidine rings is 1. The standard InChI is InChI=1S/C12H21NO2/c1-3-11(12(14)15-4-2)13-8-9-5-6-10(13)7-9/h9-11H,3-8H2,1-2H3.